The van der Waals surface area contributed by atoms with Gasteiger partial charge in [0.25, 0.3) is 0 Å². The molecule has 0 radical (unpaired) electrons. The van der Waals surface area contributed by atoms with Gasteiger partial charge in [-0.15, -0.1) is 0 Å². The normalized spacial score (nSPS) is 10.5. The van der Waals surface area contributed by atoms with Crippen molar-refractivity contribution in [1.82, 2.24) is 0 Å². The van der Waals surface area contributed by atoms with Gasteiger partial charge in [-0.25, -0.2) is 0 Å². The van der Waals surface area contributed by atoms with Crippen molar-refractivity contribution in [3.05, 3.63) is 58.1 Å². The van der Waals surface area contributed by atoms with Gasteiger partial charge in [0.2, 0.25) is 0 Å². The minimum Gasteiger partial charge on any atom is -0.491 e. The molecule has 2 aromatic carbocycles. The monoisotopic (exact) mass is 339 g/mol. The molecule has 22 heavy (non-hydrogen) atoms. The van der Waals surface area contributed by atoms with Gasteiger partial charge in [-0.3, -0.25) is 0 Å². The van der Waals surface area contributed by atoms with Gasteiger partial charge in [0, 0.05) is 23.7 Å². The summed E-state index contributed by atoms with van der Waals surface area (Å²) in [6.45, 7) is 4.40. The van der Waals surface area contributed by atoms with Crippen molar-refractivity contribution in [3.8, 4) is 5.75 Å². The first-order chi connectivity index (χ1) is 10.7. The van der Waals surface area contributed by atoms with E-state index in [4.69, 9.17) is 32.7 Å². The van der Waals surface area contributed by atoms with Crippen LogP contribution >= 0.6 is 23.2 Å². The van der Waals surface area contributed by atoms with Crippen LogP contribution in [0.5, 0.6) is 5.75 Å². The zero-order valence-electron chi connectivity index (χ0n) is 12.4. The molecular weight excluding hydrogens is 321 g/mol. The molecule has 0 unspecified atom stereocenters. The number of benzene rings is 2. The van der Waals surface area contributed by atoms with Gasteiger partial charge in [0.15, 0.2) is 0 Å². The van der Waals surface area contributed by atoms with E-state index in [1.165, 1.54) is 0 Å². The maximum absolute atomic E-state index is 6.16. The Labute approximate surface area is 141 Å². The van der Waals surface area contributed by atoms with Crippen LogP contribution in [0.25, 0.3) is 0 Å². The number of rotatable bonds is 8. The zero-order chi connectivity index (χ0) is 15.8. The highest BCUT2D eigenvalue weighted by atomic mass is 35.5. The largest absolute Gasteiger partial charge is 0.491 e. The highest BCUT2D eigenvalue weighted by Gasteiger charge is 2.05. The summed E-state index contributed by atoms with van der Waals surface area (Å²) in [5.41, 5.74) is 1.90. The quantitative estimate of drug-likeness (QED) is 0.685. The lowest BCUT2D eigenvalue weighted by Crippen LogP contribution is -2.09. The molecule has 2 aromatic rings. The van der Waals surface area contributed by atoms with Crippen LogP contribution < -0.4 is 10.1 Å². The van der Waals surface area contributed by atoms with Crippen LogP contribution in [0, 0.1) is 0 Å². The fraction of sp³-hybridized carbons (Fsp3) is 0.294. The first-order valence-corrected chi connectivity index (χ1v) is 7.93. The number of ether oxygens (including phenoxy) is 2. The van der Waals surface area contributed by atoms with E-state index in [2.05, 4.69) is 5.32 Å². The fourth-order valence-electron chi connectivity index (χ4n) is 1.97. The van der Waals surface area contributed by atoms with Gasteiger partial charge in [-0.1, -0.05) is 41.4 Å². The highest BCUT2D eigenvalue weighted by molar-refractivity contribution is 6.36. The predicted octanol–water partition coefficient (Wildman–Crippen LogP) is 5.02. The Bertz CT molecular complexity index is 605. The Morgan fingerprint density at radius 3 is 2.64 bits per heavy atom. The van der Waals surface area contributed by atoms with Crippen LogP contribution in [0.3, 0.4) is 0 Å². The van der Waals surface area contributed by atoms with Crippen LogP contribution in [-0.4, -0.2) is 19.8 Å². The topological polar surface area (TPSA) is 30.5 Å². The van der Waals surface area contributed by atoms with Crippen LogP contribution in [0.4, 0.5) is 5.69 Å². The second-order valence-corrected chi connectivity index (χ2v) is 5.47. The molecule has 5 heteroatoms. The second kappa shape index (κ2) is 8.89. The Hall–Kier alpha value is -1.42. The number of para-hydroxylation sites is 1. The number of anilines is 1. The summed E-state index contributed by atoms with van der Waals surface area (Å²) >= 11 is 12.1. The molecule has 3 nitrogen and oxygen atoms in total. The third-order valence-electron chi connectivity index (χ3n) is 3.06. The Kier molecular flexibility index (Phi) is 6.84. The molecular formula is C17H19Cl2NO2. The highest BCUT2D eigenvalue weighted by Crippen LogP contribution is 2.27. The molecule has 0 atom stereocenters. The Morgan fingerprint density at radius 1 is 1.05 bits per heavy atom. The molecule has 0 aliphatic heterocycles. The fourth-order valence-corrected chi connectivity index (χ4v) is 2.44. The molecule has 0 fully saturated rings. The maximum Gasteiger partial charge on any atom is 0.124 e. The second-order valence-electron chi connectivity index (χ2n) is 4.63. The molecule has 0 saturated carbocycles. The van der Waals surface area contributed by atoms with E-state index in [0.29, 0.717) is 36.4 Å². The van der Waals surface area contributed by atoms with Crippen LogP contribution in [0.2, 0.25) is 10.0 Å². The van der Waals surface area contributed by atoms with E-state index in [1.54, 1.807) is 12.1 Å². The lowest BCUT2D eigenvalue weighted by Gasteiger charge is -2.13. The minimum absolute atomic E-state index is 0.534. The van der Waals surface area contributed by atoms with Crippen molar-refractivity contribution in [2.45, 2.75) is 13.5 Å². The van der Waals surface area contributed by atoms with Crippen molar-refractivity contribution < 1.29 is 9.47 Å². The molecule has 0 saturated heterocycles. The van der Waals surface area contributed by atoms with Crippen LogP contribution in [-0.2, 0) is 11.3 Å². The average molecular weight is 340 g/mol. The van der Waals surface area contributed by atoms with E-state index in [1.807, 2.05) is 37.3 Å². The molecule has 0 amide bonds. The summed E-state index contributed by atoms with van der Waals surface area (Å²) in [5, 5.41) is 4.52. The first kappa shape index (κ1) is 16.9. The third kappa shape index (κ3) is 5.09. The van der Waals surface area contributed by atoms with E-state index < -0.39 is 0 Å². The molecule has 0 aromatic heterocycles. The molecule has 118 valence electrons. The van der Waals surface area contributed by atoms with Gasteiger partial charge >= 0.3 is 0 Å². The van der Waals surface area contributed by atoms with E-state index in [-0.39, 0.29) is 0 Å². The summed E-state index contributed by atoms with van der Waals surface area (Å²) < 4.78 is 11.0. The molecule has 0 aliphatic rings. The predicted molar refractivity (Wildman–Crippen MR) is 92.2 cm³/mol. The molecule has 0 aliphatic carbocycles. The summed E-state index contributed by atoms with van der Waals surface area (Å²) in [6, 6.07) is 13.3. The van der Waals surface area contributed by atoms with E-state index >= 15 is 0 Å². The Morgan fingerprint density at radius 2 is 1.86 bits per heavy atom. The molecule has 1 N–H and O–H groups in total. The van der Waals surface area contributed by atoms with Gasteiger partial charge in [0.05, 0.1) is 17.3 Å². The standard InChI is InChI=1S/C17H19Cl2NO2/c1-2-21-9-10-22-17-6-4-3-5-13(17)12-20-16-8-7-14(18)11-15(16)19/h3-8,11,20H,2,9-10,12H2,1H3. The number of nitrogens with one attached hydrogen (secondary N) is 1. The number of halogens is 2. The van der Waals surface area contributed by atoms with Crippen LogP contribution in [0.1, 0.15) is 12.5 Å². The van der Waals surface area contributed by atoms with E-state index in [0.717, 1.165) is 17.0 Å². The van der Waals surface area contributed by atoms with Gasteiger partial charge in [0.1, 0.15) is 12.4 Å². The first-order valence-electron chi connectivity index (χ1n) is 7.18. The molecule has 2 rings (SSSR count). The van der Waals surface area contributed by atoms with Gasteiger partial charge < -0.3 is 14.8 Å². The molecule has 0 heterocycles. The lowest BCUT2D eigenvalue weighted by atomic mass is 10.2. The maximum atomic E-state index is 6.16. The van der Waals surface area contributed by atoms with Gasteiger partial charge in [-0.05, 0) is 31.2 Å². The van der Waals surface area contributed by atoms with Crippen molar-refractivity contribution in [2.24, 2.45) is 0 Å². The minimum atomic E-state index is 0.534. The summed E-state index contributed by atoms with van der Waals surface area (Å²) in [5.74, 6) is 0.847. The SMILES string of the molecule is CCOCCOc1ccccc1CNc1ccc(Cl)cc1Cl. The summed E-state index contributed by atoms with van der Waals surface area (Å²) in [4.78, 5) is 0. The molecule has 0 bridgehead atoms. The summed E-state index contributed by atoms with van der Waals surface area (Å²) in [6.07, 6.45) is 0. The number of hydrogen-bond acceptors (Lipinski definition) is 3. The lowest BCUT2D eigenvalue weighted by molar-refractivity contribution is 0.110. The third-order valence-corrected chi connectivity index (χ3v) is 3.61. The van der Waals surface area contributed by atoms with Crippen molar-refractivity contribution in [1.29, 1.82) is 0 Å². The zero-order valence-corrected chi connectivity index (χ0v) is 14.0. The smallest absolute Gasteiger partial charge is 0.124 e. The van der Waals surface area contributed by atoms with E-state index in [9.17, 15) is 0 Å². The average Bonchev–Trinajstić information content (AvgIpc) is 2.52. The number of hydrogen-bond donors (Lipinski definition) is 1. The summed E-state index contributed by atoms with van der Waals surface area (Å²) in [7, 11) is 0. The van der Waals surface area contributed by atoms with Gasteiger partial charge in [-0.2, -0.15) is 0 Å². The molecule has 0 spiro atoms. The van der Waals surface area contributed by atoms with Crippen LogP contribution in [0.15, 0.2) is 42.5 Å². The van der Waals surface area contributed by atoms with Crippen molar-refractivity contribution in [2.75, 3.05) is 25.1 Å². The van der Waals surface area contributed by atoms with Crippen molar-refractivity contribution in [3.63, 3.8) is 0 Å². The van der Waals surface area contributed by atoms with Crippen molar-refractivity contribution >= 4 is 28.9 Å². The Balaban J connectivity index is 1.97.